The van der Waals surface area contributed by atoms with Gasteiger partial charge in [0, 0.05) is 18.6 Å². The predicted octanol–water partition coefficient (Wildman–Crippen LogP) is 2.19. The number of fused-ring (bicyclic) bond motifs is 1. The molecule has 2 heterocycles. The van der Waals surface area contributed by atoms with Crippen molar-refractivity contribution in [2.45, 2.75) is 19.1 Å². The lowest BCUT2D eigenvalue weighted by Crippen LogP contribution is -2.31. The number of anilines is 1. The van der Waals surface area contributed by atoms with Crippen LogP contribution in [-0.4, -0.2) is 57.7 Å². The van der Waals surface area contributed by atoms with Gasteiger partial charge in [0.25, 0.3) is 5.56 Å². The van der Waals surface area contributed by atoms with Gasteiger partial charge in [-0.05, 0) is 48.4 Å². The number of nitrogens with zero attached hydrogens (tertiary/aromatic N) is 3. The molecule has 0 aliphatic carbocycles. The summed E-state index contributed by atoms with van der Waals surface area (Å²) in [5.41, 5.74) is 0.193. The molecule has 0 saturated heterocycles. The molecule has 0 aliphatic heterocycles. The number of hydrogen-bond acceptors (Lipinski definition) is 8. The van der Waals surface area contributed by atoms with E-state index in [2.05, 4.69) is 15.3 Å². The number of H-pyrrole nitrogens is 1. The topological polar surface area (TPSA) is 133 Å². The summed E-state index contributed by atoms with van der Waals surface area (Å²) in [4.78, 5) is 31.6. The van der Waals surface area contributed by atoms with E-state index < -0.39 is 17.4 Å². The summed E-state index contributed by atoms with van der Waals surface area (Å²) < 4.78 is 19.1. The SMILES string of the molecule is COc1ccc(CCNc2nc3c(c(=O)[nH]c(=O)n3C)n2CC(O)COc2ccc(Cl)cc2)cc1OC. The quantitative estimate of drug-likeness (QED) is 0.269. The third-order valence-electron chi connectivity index (χ3n) is 5.80. The van der Waals surface area contributed by atoms with Crippen molar-refractivity contribution in [1.82, 2.24) is 19.1 Å². The molecule has 2 aromatic carbocycles. The van der Waals surface area contributed by atoms with E-state index in [0.717, 1.165) is 5.56 Å². The largest absolute Gasteiger partial charge is 0.493 e. The van der Waals surface area contributed by atoms with E-state index in [1.54, 1.807) is 43.1 Å². The number of aromatic nitrogens is 4. The normalized spacial score (nSPS) is 11.9. The molecule has 4 rings (SSSR count). The lowest BCUT2D eigenvalue weighted by atomic mass is 10.1. The van der Waals surface area contributed by atoms with Gasteiger partial charge in [-0.3, -0.25) is 14.3 Å². The second-order valence-corrected chi connectivity index (χ2v) is 8.76. The van der Waals surface area contributed by atoms with Crippen molar-refractivity contribution in [2.75, 3.05) is 32.7 Å². The lowest BCUT2D eigenvalue weighted by Gasteiger charge is -2.16. The van der Waals surface area contributed by atoms with Crippen LogP contribution in [0.3, 0.4) is 0 Å². The minimum atomic E-state index is -0.976. The van der Waals surface area contributed by atoms with Crippen LogP contribution in [-0.2, 0) is 20.0 Å². The number of nitrogens with one attached hydrogen (secondary N) is 2. The van der Waals surface area contributed by atoms with Crippen molar-refractivity contribution in [1.29, 1.82) is 0 Å². The molecule has 37 heavy (non-hydrogen) atoms. The average molecular weight is 530 g/mol. The zero-order valence-electron chi connectivity index (χ0n) is 20.7. The Bertz CT molecular complexity index is 1490. The molecular formula is C25H28ClN5O6. The second kappa shape index (κ2) is 11.4. The van der Waals surface area contributed by atoms with Gasteiger partial charge in [0.1, 0.15) is 18.5 Å². The Hall–Kier alpha value is -3.96. The molecule has 0 spiro atoms. The molecule has 0 amide bonds. The molecule has 1 unspecified atom stereocenters. The van der Waals surface area contributed by atoms with Crippen LogP contribution in [0.4, 0.5) is 5.95 Å². The first kappa shape index (κ1) is 26.1. The molecule has 12 heteroatoms. The van der Waals surface area contributed by atoms with Gasteiger partial charge < -0.3 is 29.2 Å². The molecule has 0 saturated carbocycles. The number of methoxy groups -OCH3 is 2. The van der Waals surface area contributed by atoms with Gasteiger partial charge in [-0.1, -0.05) is 17.7 Å². The summed E-state index contributed by atoms with van der Waals surface area (Å²) in [5.74, 6) is 2.15. The number of aliphatic hydroxyl groups excluding tert-OH is 1. The van der Waals surface area contributed by atoms with Crippen LogP contribution in [0, 0.1) is 0 Å². The van der Waals surface area contributed by atoms with Crippen LogP contribution in [0.1, 0.15) is 5.56 Å². The van der Waals surface area contributed by atoms with E-state index in [9.17, 15) is 14.7 Å². The first-order valence-corrected chi connectivity index (χ1v) is 11.9. The Morgan fingerprint density at radius 2 is 1.84 bits per heavy atom. The van der Waals surface area contributed by atoms with E-state index in [1.165, 1.54) is 11.6 Å². The number of benzene rings is 2. The number of aliphatic hydroxyl groups is 1. The van der Waals surface area contributed by atoms with Crippen LogP contribution in [0.5, 0.6) is 17.2 Å². The summed E-state index contributed by atoms with van der Waals surface area (Å²) in [7, 11) is 4.67. The highest BCUT2D eigenvalue weighted by Gasteiger charge is 2.20. The van der Waals surface area contributed by atoms with E-state index in [4.69, 9.17) is 25.8 Å². The zero-order valence-corrected chi connectivity index (χ0v) is 21.4. The third kappa shape index (κ3) is 5.89. The molecule has 4 aromatic rings. The Morgan fingerprint density at radius 1 is 1.11 bits per heavy atom. The molecule has 11 nitrogen and oxygen atoms in total. The zero-order chi connectivity index (χ0) is 26.5. The van der Waals surface area contributed by atoms with Crippen molar-refractivity contribution in [2.24, 2.45) is 7.05 Å². The Labute approximate surface area is 217 Å². The van der Waals surface area contributed by atoms with Crippen LogP contribution in [0.2, 0.25) is 5.02 Å². The number of ether oxygens (including phenoxy) is 3. The van der Waals surface area contributed by atoms with E-state index in [0.29, 0.717) is 41.2 Å². The van der Waals surface area contributed by atoms with E-state index >= 15 is 0 Å². The maximum absolute atomic E-state index is 12.7. The van der Waals surface area contributed by atoms with Crippen LogP contribution in [0.15, 0.2) is 52.1 Å². The van der Waals surface area contributed by atoms with Crippen molar-refractivity contribution in [3.05, 3.63) is 73.9 Å². The molecule has 0 bridgehead atoms. The minimum Gasteiger partial charge on any atom is -0.493 e. The molecule has 196 valence electrons. The number of imidazole rings is 1. The first-order valence-electron chi connectivity index (χ1n) is 11.5. The second-order valence-electron chi connectivity index (χ2n) is 8.32. The van der Waals surface area contributed by atoms with Crippen LogP contribution >= 0.6 is 11.6 Å². The standard InChI is InChI=1S/C25H28ClN5O6/c1-30-22-21(23(33)29-25(30)34)31(13-17(32)14-37-18-7-5-16(26)6-8-18)24(28-22)27-11-10-15-4-9-19(35-2)20(12-15)36-3/h4-9,12,17,32H,10-11,13-14H2,1-3H3,(H,27,28)(H,29,33,34). The molecular weight excluding hydrogens is 502 g/mol. The summed E-state index contributed by atoms with van der Waals surface area (Å²) in [6.45, 7) is 0.433. The van der Waals surface area contributed by atoms with Crippen molar-refractivity contribution in [3.8, 4) is 17.2 Å². The van der Waals surface area contributed by atoms with Gasteiger partial charge in [-0.2, -0.15) is 4.98 Å². The fourth-order valence-electron chi connectivity index (χ4n) is 3.89. The van der Waals surface area contributed by atoms with Gasteiger partial charge in [-0.15, -0.1) is 0 Å². The van der Waals surface area contributed by atoms with Crippen LogP contribution in [0.25, 0.3) is 11.2 Å². The number of aromatic amines is 1. The third-order valence-corrected chi connectivity index (χ3v) is 6.05. The highest BCUT2D eigenvalue weighted by Crippen LogP contribution is 2.27. The maximum atomic E-state index is 12.7. The van der Waals surface area contributed by atoms with Crippen molar-refractivity contribution >= 4 is 28.7 Å². The van der Waals surface area contributed by atoms with Crippen LogP contribution < -0.4 is 30.8 Å². The Morgan fingerprint density at radius 3 is 2.54 bits per heavy atom. The number of aryl methyl sites for hydroxylation is 1. The highest BCUT2D eigenvalue weighted by molar-refractivity contribution is 6.30. The smallest absolute Gasteiger partial charge is 0.329 e. The van der Waals surface area contributed by atoms with Gasteiger partial charge >= 0.3 is 5.69 Å². The number of hydrogen-bond donors (Lipinski definition) is 3. The Kier molecular flexibility index (Phi) is 8.04. The number of halogens is 1. The molecule has 1 atom stereocenters. The fraction of sp³-hybridized carbons (Fsp3) is 0.320. The molecule has 2 aromatic heterocycles. The molecule has 0 aliphatic rings. The summed E-state index contributed by atoms with van der Waals surface area (Å²) in [6.07, 6.45) is -0.364. The predicted molar refractivity (Wildman–Crippen MR) is 140 cm³/mol. The average Bonchev–Trinajstić information content (AvgIpc) is 3.25. The molecule has 3 N–H and O–H groups in total. The Balaban J connectivity index is 1.55. The van der Waals surface area contributed by atoms with Gasteiger partial charge in [0.2, 0.25) is 5.95 Å². The fourth-order valence-corrected chi connectivity index (χ4v) is 4.01. The van der Waals surface area contributed by atoms with Crippen molar-refractivity contribution in [3.63, 3.8) is 0 Å². The summed E-state index contributed by atoms with van der Waals surface area (Å²) in [6, 6.07) is 12.4. The van der Waals surface area contributed by atoms with Crippen molar-refractivity contribution < 1.29 is 19.3 Å². The van der Waals surface area contributed by atoms with E-state index in [1.807, 2.05) is 18.2 Å². The number of rotatable bonds is 11. The van der Waals surface area contributed by atoms with Gasteiger partial charge in [0.15, 0.2) is 22.7 Å². The van der Waals surface area contributed by atoms with Gasteiger partial charge in [0.05, 0.1) is 20.8 Å². The molecule has 0 radical (unpaired) electrons. The lowest BCUT2D eigenvalue weighted by molar-refractivity contribution is 0.0938. The highest BCUT2D eigenvalue weighted by atomic mass is 35.5. The maximum Gasteiger partial charge on any atom is 0.329 e. The monoisotopic (exact) mass is 529 g/mol. The summed E-state index contributed by atoms with van der Waals surface area (Å²) in [5, 5.41) is 14.5. The molecule has 0 fully saturated rings. The van der Waals surface area contributed by atoms with Gasteiger partial charge in [-0.25, -0.2) is 4.79 Å². The van der Waals surface area contributed by atoms with E-state index in [-0.39, 0.29) is 24.3 Å². The minimum absolute atomic E-state index is 0.00403. The summed E-state index contributed by atoms with van der Waals surface area (Å²) >= 11 is 5.90. The first-order chi connectivity index (χ1) is 17.8.